The number of aliphatic hydroxyl groups is 2. The molecule has 0 saturated heterocycles. The molecule has 0 aliphatic heterocycles. The molecule has 9 heteroatoms. The zero-order valence-corrected chi connectivity index (χ0v) is 20.7. The van der Waals surface area contributed by atoms with Gasteiger partial charge in [0.2, 0.25) is 5.12 Å². The van der Waals surface area contributed by atoms with Gasteiger partial charge in [-0.3, -0.25) is 14.4 Å². The highest BCUT2D eigenvalue weighted by Gasteiger charge is 2.78. The molecule has 0 heterocycles. The van der Waals surface area contributed by atoms with E-state index in [9.17, 15) is 24.6 Å². The van der Waals surface area contributed by atoms with Crippen LogP contribution in [0.4, 0.5) is 8.78 Å². The van der Waals surface area contributed by atoms with Gasteiger partial charge in [0.25, 0.3) is 0 Å². The van der Waals surface area contributed by atoms with Crippen LogP contribution < -0.4 is 0 Å². The second-order valence-electron chi connectivity index (χ2n) is 10.6. The van der Waals surface area contributed by atoms with Gasteiger partial charge in [-0.05, 0) is 49.8 Å². The summed E-state index contributed by atoms with van der Waals surface area (Å²) in [5.74, 6) is -3.64. The van der Waals surface area contributed by atoms with Crippen molar-refractivity contribution >= 4 is 28.6 Å². The van der Waals surface area contributed by atoms with E-state index in [1.54, 1.807) is 20.8 Å². The summed E-state index contributed by atoms with van der Waals surface area (Å²) < 4.78 is 38.6. The lowest BCUT2D eigenvalue weighted by atomic mass is 9.44. The Bertz CT molecular complexity index is 982. The SMILES string of the molecule is CCC(=O)O[C@]1(C(=O)SCO)[C@H](C)C[C@H]2C3C[C@H](F)C4=CC(=O)C=C[C@]4(C)[C@@]3(F)[C@@H](O)C[C@@]21C. The minimum atomic E-state index is -2.28. The molecule has 0 spiro atoms. The number of ketones is 1. The Labute approximate surface area is 202 Å². The zero-order chi connectivity index (χ0) is 25.3. The first-order valence-electron chi connectivity index (χ1n) is 11.8. The van der Waals surface area contributed by atoms with E-state index < -0.39 is 74.9 Å². The Morgan fingerprint density at radius 2 is 1.94 bits per heavy atom. The van der Waals surface area contributed by atoms with E-state index in [-0.39, 0.29) is 24.8 Å². The number of hydrogen-bond donors (Lipinski definition) is 2. The first kappa shape index (κ1) is 25.5. The summed E-state index contributed by atoms with van der Waals surface area (Å²) >= 11 is 0.618. The molecule has 0 amide bonds. The first-order valence-corrected chi connectivity index (χ1v) is 12.8. The number of fused-ring (bicyclic) bond motifs is 5. The molecule has 3 fully saturated rings. The Morgan fingerprint density at radius 1 is 1.26 bits per heavy atom. The van der Waals surface area contributed by atoms with Gasteiger partial charge in [-0.1, -0.05) is 38.6 Å². The van der Waals surface area contributed by atoms with Gasteiger partial charge >= 0.3 is 5.97 Å². The highest BCUT2D eigenvalue weighted by molar-refractivity contribution is 8.13. The third-order valence-corrected chi connectivity index (χ3v) is 9.93. The standard InChI is InChI=1S/C25H32F2O6S/c1-5-20(31)33-25(21(32)34-12-28)13(2)8-15-16-10-18(26)17-9-14(29)6-7-22(17,3)24(16,27)19(30)11-23(15,25)4/h6-7,9,13,15-16,18-19,28,30H,5,8,10-12H2,1-4H3/t13-,15+,16?,18+,19+,22+,23+,24+,25+/m1/s1. The number of allylic oxidation sites excluding steroid dienone is 4. The molecular formula is C25H32F2O6S. The molecule has 0 aromatic rings. The van der Waals surface area contributed by atoms with E-state index in [0.717, 1.165) is 6.08 Å². The number of aliphatic hydroxyl groups excluding tert-OH is 2. The summed E-state index contributed by atoms with van der Waals surface area (Å²) in [5.41, 5.74) is -6.64. The van der Waals surface area contributed by atoms with Crippen molar-refractivity contribution in [1.82, 2.24) is 0 Å². The highest BCUT2D eigenvalue weighted by Crippen LogP contribution is 2.72. The third-order valence-electron chi connectivity index (χ3n) is 9.23. The molecule has 0 radical (unpaired) electrons. The molecule has 34 heavy (non-hydrogen) atoms. The van der Waals surface area contributed by atoms with Crippen LogP contribution in [0.3, 0.4) is 0 Å². The summed E-state index contributed by atoms with van der Waals surface area (Å²) in [5, 5.41) is 20.3. The van der Waals surface area contributed by atoms with Gasteiger partial charge in [-0.2, -0.15) is 0 Å². The normalized spacial score (nSPS) is 47.4. The summed E-state index contributed by atoms with van der Waals surface area (Å²) in [7, 11) is 0. The van der Waals surface area contributed by atoms with Crippen molar-refractivity contribution in [2.45, 2.75) is 76.9 Å². The van der Waals surface area contributed by atoms with Crippen LogP contribution in [-0.4, -0.2) is 56.6 Å². The maximum atomic E-state index is 17.2. The molecule has 4 aliphatic carbocycles. The van der Waals surface area contributed by atoms with Crippen LogP contribution >= 0.6 is 11.8 Å². The van der Waals surface area contributed by atoms with E-state index in [0.29, 0.717) is 18.2 Å². The molecule has 6 nitrogen and oxygen atoms in total. The van der Waals surface area contributed by atoms with Gasteiger partial charge in [0.05, 0.1) is 12.0 Å². The topological polar surface area (TPSA) is 101 Å². The summed E-state index contributed by atoms with van der Waals surface area (Å²) in [4.78, 5) is 37.9. The van der Waals surface area contributed by atoms with Crippen molar-refractivity contribution in [3.63, 3.8) is 0 Å². The van der Waals surface area contributed by atoms with Crippen LogP contribution in [0.25, 0.3) is 0 Å². The molecule has 188 valence electrons. The number of halogens is 2. The molecule has 9 atom stereocenters. The number of thioether (sulfide) groups is 1. The van der Waals surface area contributed by atoms with Crippen LogP contribution in [0.15, 0.2) is 23.8 Å². The van der Waals surface area contributed by atoms with Crippen molar-refractivity contribution in [2.75, 3.05) is 5.94 Å². The van der Waals surface area contributed by atoms with Gasteiger partial charge in [-0.15, -0.1) is 0 Å². The molecule has 4 aliphatic rings. The Morgan fingerprint density at radius 3 is 2.56 bits per heavy atom. The number of carbonyl (C=O) groups excluding carboxylic acids is 3. The van der Waals surface area contributed by atoms with Crippen molar-refractivity contribution in [3.8, 4) is 0 Å². The Balaban J connectivity index is 1.87. The lowest BCUT2D eigenvalue weighted by Gasteiger charge is -2.63. The summed E-state index contributed by atoms with van der Waals surface area (Å²) in [6, 6.07) is 0. The summed E-state index contributed by atoms with van der Waals surface area (Å²) in [6.07, 6.45) is 0.393. The largest absolute Gasteiger partial charge is 0.449 e. The van der Waals surface area contributed by atoms with Crippen LogP contribution in [0.2, 0.25) is 0 Å². The second-order valence-corrected chi connectivity index (χ2v) is 11.5. The molecule has 1 unspecified atom stereocenters. The number of alkyl halides is 2. The van der Waals surface area contributed by atoms with Crippen molar-refractivity contribution in [2.24, 2.45) is 28.6 Å². The van der Waals surface area contributed by atoms with Crippen LogP contribution in [-0.2, 0) is 19.1 Å². The predicted octanol–water partition coefficient (Wildman–Crippen LogP) is 3.45. The monoisotopic (exact) mass is 498 g/mol. The lowest BCUT2D eigenvalue weighted by molar-refractivity contribution is -0.228. The molecule has 0 aromatic carbocycles. The molecule has 3 saturated carbocycles. The quantitative estimate of drug-likeness (QED) is 0.452. The zero-order valence-electron chi connectivity index (χ0n) is 19.8. The van der Waals surface area contributed by atoms with E-state index in [4.69, 9.17) is 4.74 Å². The fourth-order valence-electron chi connectivity index (χ4n) is 7.64. The minimum absolute atomic E-state index is 0.0168. The van der Waals surface area contributed by atoms with Crippen molar-refractivity contribution in [1.29, 1.82) is 0 Å². The number of esters is 1. The maximum Gasteiger partial charge on any atom is 0.306 e. The average Bonchev–Trinajstić information content (AvgIpc) is 2.99. The molecule has 4 rings (SSSR count). The second kappa shape index (κ2) is 8.23. The Hall–Kier alpha value is -1.58. The summed E-state index contributed by atoms with van der Waals surface area (Å²) in [6.45, 7) is 6.57. The highest BCUT2D eigenvalue weighted by atomic mass is 32.2. The van der Waals surface area contributed by atoms with Gasteiger partial charge < -0.3 is 14.9 Å². The average molecular weight is 499 g/mol. The number of hydrogen-bond acceptors (Lipinski definition) is 7. The van der Waals surface area contributed by atoms with E-state index >= 15 is 8.78 Å². The first-order chi connectivity index (χ1) is 15.8. The van der Waals surface area contributed by atoms with Crippen molar-refractivity contribution < 1.29 is 38.1 Å². The van der Waals surface area contributed by atoms with Crippen LogP contribution in [0.1, 0.15) is 53.4 Å². The molecular weight excluding hydrogens is 466 g/mol. The third kappa shape index (κ3) is 3.02. The lowest BCUT2D eigenvalue weighted by Crippen LogP contribution is -2.70. The van der Waals surface area contributed by atoms with Gasteiger partial charge in [0.15, 0.2) is 17.1 Å². The van der Waals surface area contributed by atoms with Gasteiger partial charge in [0, 0.05) is 29.1 Å². The number of rotatable bonds is 4. The molecule has 0 aromatic heterocycles. The fourth-order valence-corrected chi connectivity index (χ4v) is 8.44. The Kier molecular flexibility index (Phi) is 6.18. The van der Waals surface area contributed by atoms with E-state index in [2.05, 4.69) is 0 Å². The molecule has 0 bridgehead atoms. The number of carbonyl (C=O) groups is 3. The smallest absolute Gasteiger partial charge is 0.306 e. The van der Waals surface area contributed by atoms with E-state index in [1.165, 1.54) is 19.1 Å². The van der Waals surface area contributed by atoms with Gasteiger partial charge in [0.1, 0.15) is 6.17 Å². The predicted molar refractivity (Wildman–Crippen MR) is 122 cm³/mol. The van der Waals surface area contributed by atoms with Crippen molar-refractivity contribution in [3.05, 3.63) is 23.8 Å². The maximum absolute atomic E-state index is 17.2. The minimum Gasteiger partial charge on any atom is -0.449 e. The fraction of sp³-hybridized carbons (Fsp3) is 0.720. The molecule has 2 N–H and O–H groups in total. The van der Waals surface area contributed by atoms with E-state index in [1.807, 2.05) is 0 Å². The van der Waals surface area contributed by atoms with Crippen LogP contribution in [0.5, 0.6) is 0 Å². The van der Waals surface area contributed by atoms with Crippen LogP contribution in [0, 0.1) is 28.6 Å². The van der Waals surface area contributed by atoms with Gasteiger partial charge in [-0.25, -0.2) is 8.78 Å². The number of ether oxygens (including phenoxy) is 1.